The number of amides is 1. The summed E-state index contributed by atoms with van der Waals surface area (Å²) in [6, 6.07) is 12.5. The molecule has 1 saturated carbocycles. The van der Waals surface area contributed by atoms with Crippen molar-refractivity contribution in [3.05, 3.63) is 77.9 Å². The van der Waals surface area contributed by atoms with Crippen LogP contribution in [-0.4, -0.2) is 77.8 Å². The number of benzene rings is 2. The summed E-state index contributed by atoms with van der Waals surface area (Å²) in [5, 5.41) is 24.6. The SMILES string of the molecule is C=CCO[C@@]12Oc3ccc(Oc4cccc(C=O)c4)cc3[C@H]3[C@H](CCCCO)[C@@H](CCCCO)C=C(C(=NOCC)C[C@@H]1N(CCC)C(=O)CCCCCCCCCCC)[C@H]32. The lowest BCUT2D eigenvalue weighted by Gasteiger charge is -2.60. The van der Waals surface area contributed by atoms with Crippen molar-refractivity contribution in [2.45, 2.75) is 154 Å². The summed E-state index contributed by atoms with van der Waals surface area (Å²) >= 11 is 0. The highest BCUT2D eigenvalue weighted by Crippen LogP contribution is 2.62. The molecule has 0 saturated heterocycles. The highest BCUT2D eigenvalue weighted by molar-refractivity contribution is 6.03. The van der Waals surface area contributed by atoms with Gasteiger partial charge in [0.2, 0.25) is 11.7 Å². The van der Waals surface area contributed by atoms with Crippen molar-refractivity contribution in [3.63, 3.8) is 0 Å². The van der Waals surface area contributed by atoms with Crippen molar-refractivity contribution < 1.29 is 38.9 Å². The fourth-order valence-electron chi connectivity index (χ4n) is 10.1. The summed E-state index contributed by atoms with van der Waals surface area (Å²) in [4.78, 5) is 34.2. The zero-order valence-corrected chi connectivity index (χ0v) is 37.4. The van der Waals surface area contributed by atoms with Gasteiger partial charge in [-0.15, -0.1) is 6.58 Å². The van der Waals surface area contributed by atoms with Gasteiger partial charge in [0.15, 0.2) is 0 Å². The minimum Gasteiger partial charge on any atom is -0.459 e. The molecular weight excluding hydrogens is 769 g/mol. The molecule has 2 aliphatic carbocycles. The minimum absolute atomic E-state index is 0.101. The Labute approximate surface area is 365 Å². The number of carbonyl (C=O) groups excluding carboxylic acids is 2. The lowest BCUT2D eigenvalue weighted by molar-refractivity contribution is -0.257. The molecule has 0 bridgehead atoms. The van der Waals surface area contributed by atoms with E-state index in [4.69, 9.17) is 24.2 Å². The smallest absolute Gasteiger partial charge is 0.239 e. The molecule has 2 aromatic rings. The van der Waals surface area contributed by atoms with E-state index in [2.05, 4.69) is 32.6 Å². The molecule has 10 heteroatoms. The molecule has 0 spiro atoms. The van der Waals surface area contributed by atoms with Crippen molar-refractivity contribution >= 4 is 17.9 Å². The highest BCUT2D eigenvalue weighted by Gasteiger charge is 2.65. The fraction of sp³-hybridized carbons (Fsp3) is 0.627. The number of oxime groups is 1. The Hall–Kier alpha value is -3.99. The molecule has 5 rings (SSSR count). The molecule has 1 heterocycles. The largest absolute Gasteiger partial charge is 0.459 e. The number of fused-ring (bicyclic) bond motifs is 2. The number of hydrogen-bond donors (Lipinski definition) is 2. The summed E-state index contributed by atoms with van der Waals surface area (Å²) in [5.74, 6) is 0.378. The van der Waals surface area contributed by atoms with Crippen LogP contribution in [0, 0.1) is 17.8 Å². The van der Waals surface area contributed by atoms with Crippen LogP contribution in [-0.2, 0) is 14.4 Å². The molecule has 0 aromatic heterocycles. The Morgan fingerprint density at radius 2 is 1.62 bits per heavy atom. The highest BCUT2D eigenvalue weighted by atomic mass is 16.7. The molecule has 2 N–H and O–H groups in total. The van der Waals surface area contributed by atoms with Gasteiger partial charge in [0.05, 0.1) is 18.2 Å². The lowest BCUT2D eigenvalue weighted by Crippen LogP contribution is -2.70. The standard InChI is InChI=1S/C51H74N2O8/c1-5-9-10-11-12-13-14-15-16-26-48(57)53(29-6-2)47-36-45(52-59-8-4)43-34-39(23-17-19-30-54)42(25-18-20-31-55)49-44-35-41(60-40-24-21-22-38(33-40)37-56)27-28-46(44)61-51(47,50(43)49)58-32-7-3/h7,21-22,24,27-28,33-35,37,39,42,47,49-50,54-55H,3,5-6,8-20,23,25-26,29-32,36H2,1-2,4H3/t39-,42+,47-,49+,50+,51+/m0/s1. The second-order valence-corrected chi connectivity index (χ2v) is 17.1. The molecule has 6 atom stereocenters. The maximum absolute atomic E-state index is 14.7. The summed E-state index contributed by atoms with van der Waals surface area (Å²) in [5.41, 5.74) is 3.34. The van der Waals surface area contributed by atoms with Crippen molar-refractivity contribution in [2.24, 2.45) is 22.9 Å². The second kappa shape index (κ2) is 25.2. The van der Waals surface area contributed by atoms with Gasteiger partial charge in [-0.25, -0.2) is 0 Å². The third-order valence-electron chi connectivity index (χ3n) is 12.8. The van der Waals surface area contributed by atoms with Crippen LogP contribution in [0.1, 0.15) is 158 Å². The van der Waals surface area contributed by atoms with E-state index in [0.29, 0.717) is 61.6 Å². The van der Waals surface area contributed by atoms with Crippen molar-refractivity contribution in [1.29, 1.82) is 0 Å². The number of hydrogen-bond acceptors (Lipinski definition) is 9. The summed E-state index contributed by atoms with van der Waals surface area (Å²) < 4.78 is 20.9. The summed E-state index contributed by atoms with van der Waals surface area (Å²) in [7, 11) is 0. The Morgan fingerprint density at radius 1 is 0.902 bits per heavy atom. The normalized spacial score (nSPS) is 23.3. The lowest BCUT2D eigenvalue weighted by atomic mass is 9.55. The third kappa shape index (κ3) is 12.4. The third-order valence-corrected chi connectivity index (χ3v) is 12.8. The Morgan fingerprint density at radius 3 is 2.31 bits per heavy atom. The molecule has 2 aromatic carbocycles. The molecule has 1 amide bonds. The van der Waals surface area contributed by atoms with Gasteiger partial charge in [-0.1, -0.05) is 107 Å². The Bertz CT molecular complexity index is 1740. The molecule has 10 nitrogen and oxygen atoms in total. The molecular formula is C51H74N2O8. The van der Waals surface area contributed by atoms with Crippen molar-refractivity contribution in [3.8, 4) is 17.2 Å². The average molecular weight is 843 g/mol. The van der Waals surface area contributed by atoms with Gasteiger partial charge in [0, 0.05) is 49.6 Å². The predicted molar refractivity (Wildman–Crippen MR) is 242 cm³/mol. The number of aliphatic hydroxyl groups is 2. The van der Waals surface area contributed by atoms with E-state index in [1.807, 2.05) is 30.0 Å². The molecule has 0 unspecified atom stereocenters. The minimum atomic E-state index is -1.28. The number of allylic oxidation sites excluding steroid dienone is 1. The van der Waals surface area contributed by atoms with Gasteiger partial charge in [0.1, 0.15) is 36.2 Å². The Kier molecular flexibility index (Phi) is 19.9. The van der Waals surface area contributed by atoms with E-state index in [1.165, 1.54) is 38.5 Å². The topological polar surface area (TPSA) is 127 Å². The number of carbonyl (C=O) groups is 2. The fourth-order valence-corrected chi connectivity index (χ4v) is 10.1. The van der Waals surface area contributed by atoms with Crippen LogP contribution in [0.2, 0.25) is 0 Å². The summed E-state index contributed by atoms with van der Waals surface area (Å²) in [6.07, 6.45) is 21.9. The van der Waals surface area contributed by atoms with E-state index >= 15 is 0 Å². The number of nitrogens with zero attached hydrogens (tertiary/aromatic N) is 2. The van der Waals surface area contributed by atoms with Gasteiger partial charge < -0.3 is 34.2 Å². The number of aliphatic hydroxyl groups excluding tert-OH is 2. The van der Waals surface area contributed by atoms with Gasteiger partial charge >= 0.3 is 0 Å². The summed E-state index contributed by atoms with van der Waals surface area (Å²) in [6.45, 7) is 11.8. The average Bonchev–Trinajstić information content (AvgIpc) is 3.27. The number of ether oxygens (including phenoxy) is 3. The van der Waals surface area contributed by atoms with Crippen LogP contribution in [0.4, 0.5) is 0 Å². The van der Waals surface area contributed by atoms with Gasteiger partial charge in [0.25, 0.3) is 0 Å². The van der Waals surface area contributed by atoms with Crippen molar-refractivity contribution in [1.82, 2.24) is 4.90 Å². The van der Waals surface area contributed by atoms with Crippen LogP contribution >= 0.6 is 0 Å². The second-order valence-electron chi connectivity index (χ2n) is 17.1. The zero-order valence-electron chi connectivity index (χ0n) is 37.4. The first-order valence-corrected chi connectivity index (χ1v) is 23.6. The molecule has 336 valence electrons. The first-order valence-electron chi connectivity index (χ1n) is 23.6. The molecule has 3 aliphatic rings. The van der Waals surface area contributed by atoms with E-state index in [-0.39, 0.29) is 49.4 Å². The van der Waals surface area contributed by atoms with Crippen molar-refractivity contribution in [2.75, 3.05) is 33.0 Å². The first kappa shape index (κ1) is 48.0. The van der Waals surface area contributed by atoms with E-state index in [1.54, 1.807) is 24.3 Å². The van der Waals surface area contributed by atoms with Crippen LogP contribution < -0.4 is 9.47 Å². The zero-order chi connectivity index (χ0) is 43.5. The molecule has 61 heavy (non-hydrogen) atoms. The molecule has 1 aliphatic heterocycles. The maximum atomic E-state index is 14.7. The molecule has 1 fully saturated rings. The number of aldehydes is 1. The van der Waals surface area contributed by atoms with Gasteiger partial charge in [-0.05, 0) is 93.2 Å². The van der Waals surface area contributed by atoms with Crippen LogP contribution in [0.3, 0.4) is 0 Å². The van der Waals surface area contributed by atoms with Crippen LogP contribution in [0.25, 0.3) is 0 Å². The Balaban J connectivity index is 1.63. The first-order chi connectivity index (χ1) is 29.9. The van der Waals surface area contributed by atoms with Gasteiger partial charge in [-0.3, -0.25) is 9.59 Å². The van der Waals surface area contributed by atoms with Crippen LogP contribution in [0.15, 0.2) is 71.9 Å². The quantitative estimate of drug-likeness (QED) is 0.0359. The van der Waals surface area contributed by atoms with E-state index in [9.17, 15) is 19.8 Å². The number of rotatable bonds is 29. The van der Waals surface area contributed by atoms with Crippen LogP contribution in [0.5, 0.6) is 17.2 Å². The van der Waals surface area contributed by atoms with E-state index in [0.717, 1.165) is 74.5 Å². The predicted octanol–water partition coefficient (Wildman–Crippen LogP) is 11.1. The molecule has 0 radical (unpaired) electrons. The van der Waals surface area contributed by atoms with Gasteiger partial charge in [-0.2, -0.15) is 0 Å². The monoisotopic (exact) mass is 843 g/mol. The maximum Gasteiger partial charge on any atom is 0.239 e. The van der Waals surface area contributed by atoms with E-state index < -0.39 is 11.8 Å². The number of unbranched alkanes of at least 4 members (excludes halogenated alkanes) is 10.